The van der Waals surface area contributed by atoms with Gasteiger partial charge in [0, 0.05) is 61.1 Å². The van der Waals surface area contributed by atoms with E-state index in [4.69, 9.17) is 46.4 Å². The Morgan fingerprint density at radius 3 is 1.43 bits per heavy atom. The Hall–Kier alpha value is -0.350. The molecule has 130 valence electrons. The molecule has 0 bridgehead atoms. The van der Waals surface area contributed by atoms with E-state index in [0.29, 0.717) is 30.1 Å². The highest BCUT2D eigenvalue weighted by Gasteiger charge is 2.12. The van der Waals surface area contributed by atoms with Crippen LogP contribution in [0, 0.1) is 0 Å². The van der Waals surface area contributed by atoms with E-state index in [1.165, 1.54) is 0 Å². The van der Waals surface area contributed by atoms with E-state index in [0.717, 1.165) is 43.1 Å². The van der Waals surface area contributed by atoms with Gasteiger partial charge in [-0.1, -0.05) is 0 Å². The second-order valence-corrected chi connectivity index (χ2v) is 6.48. The molecular formula is C16H23Cl4N3. The number of benzene rings is 1. The molecule has 0 aliphatic rings. The molecule has 1 rings (SSSR count). The van der Waals surface area contributed by atoms with Crippen LogP contribution in [0.25, 0.3) is 0 Å². The summed E-state index contributed by atoms with van der Waals surface area (Å²) in [4.78, 5) is 8.35. The lowest BCUT2D eigenvalue weighted by Crippen LogP contribution is -2.30. The molecule has 0 aliphatic heterocycles. The second-order valence-electron chi connectivity index (χ2n) is 4.97. The Morgan fingerprint density at radius 1 is 0.739 bits per heavy atom. The van der Waals surface area contributed by atoms with Crippen LogP contribution in [-0.4, -0.2) is 56.4 Å². The molecule has 23 heavy (non-hydrogen) atoms. The van der Waals surface area contributed by atoms with Gasteiger partial charge in [0.15, 0.2) is 0 Å². The topological polar surface area (TPSA) is 18.8 Å². The summed E-state index contributed by atoms with van der Waals surface area (Å²) in [5.74, 6) is 2.18. The van der Waals surface area contributed by atoms with Crippen molar-refractivity contribution in [3.63, 3.8) is 0 Å². The van der Waals surface area contributed by atoms with Crippen molar-refractivity contribution in [2.24, 2.45) is 4.99 Å². The molecule has 0 heterocycles. The van der Waals surface area contributed by atoms with Crippen LogP contribution in [0.5, 0.6) is 0 Å². The normalized spacial score (nSPS) is 10.6. The van der Waals surface area contributed by atoms with Crippen LogP contribution in [0.15, 0.2) is 23.2 Å². The Bertz CT molecular complexity index is 424. The molecule has 0 aromatic heterocycles. The number of nitrogens with zero attached hydrogens (tertiary/aromatic N) is 3. The largest absolute Gasteiger partial charge is 0.369 e. The van der Waals surface area contributed by atoms with Crippen molar-refractivity contribution in [2.75, 3.05) is 59.5 Å². The summed E-state index contributed by atoms with van der Waals surface area (Å²) in [5.41, 5.74) is 3.25. The molecule has 0 saturated heterocycles. The zero-order valence-corrected chi connectivity index (χ0v) is 16.2. The number of hydrogen-bond donors (Lipinski definition) is 0. The first-order valence-corrected chi connectivity index (χ1v) is 9.64. The Balaban J connectivity index is 3.20. The van der Waals surface area contributed by atoms with Gasteiger partial charge in [0.05, 0.1) is 6.54 Å². The lowest BCUT2D eigenvalue weighted by molar-refractivity contribution is 0.855. The third-order valence-electron chi connectivity index (χ3n) is 3.40. The number of rotatable bonds is 12. The quantitative estimate of drug-likeness (QED) is 0.382. The van der Waals surface area contributed by atoms with Gasteiger partial charge in [0.1, 0.15) is 0 Å². The van der Waals surface area contributed by atoms with Crippen LogP contribution in [-0.2, 0) is 6.54 Å². The SMILES string of the molecule is C=NCc1cc(N(CCCl)CCCl)cc(N(CCCl)CCCl)c1. The highest BCUT2D eigenvalue weighted by molar-refractivity contribution is 6.19. The van der Waals surface area contributed by atoms with E-state index in [9.17, 15) is 0 Å². The van der Waals surface area contributed by atoms with E-state index < -0.39 is 0 Å². The summed E-state index contributed by atoms with van der Waals surface area (Å²) in [6.07, 6.45) is 0. The highest BCUT2D eigenvalue weighted by Crippen LogP contribution is 2.26. The summed E-state index contributed by atoms with van der Waals surface area (Å²) in [7, 11) is 0. The summed E-state index contributed by atoms with van der Waals surface area (Å²) in [5, 5.41) is 0. The fraction of sp³-hybridized carbons (Fsp3) is 0.562. The lowest BCUT2D eigenvalue weighted by atomic mass is 10.1. The van der Waals surface area contributed by atoms with Gasteiger partial charge in [0.2, 0.25) is 0 Å². The van der Waals surface area contributed by atoms with Crippen LogP contribution in [0.4, 0.5) is 11.4 Å². The zero-order chi connectivity index (χ0) is 17.1. The molecular weight excluding hydrogens is 376 g/mol. The van der Waals surface area contributed by atoms with Gasteiger partial charge in [-0.25, -0.2) is 0 Å². The Labute approximate surface area is 159 Å². The first-order valence-electron chi connectivity index (χ1n) is 7.50. The van der Waals surface area contributed by atoms with Crippen LogP contribution in [0.3, 0.4) is 0 Å². The first kappa shape index (κ1) is 20.7. The van der Waals surface area contributed by atoms with Crippen molar-refractivity contribution >= 4 is 64.5 Å². The summed E-state index contributed by atoms with van der Waals surface area (Å²) in [6, 6.07) is 6.35. The minimum absolute atomic E-state index is 0.545. The maximum atomic E-state index is 5.93. The molecule has 7 heteroatoms. The van der Waals surface area contributed by atoms with E-state index in [2.05, 4.69) is 39.7 Å². The van der Waals surface area contributed by atoms with Gasteiger partial charge >= 0.3 is 0 Å². The molecule has 3 nitrogen and oxygen atoms in total. The lowest BCUT2D eigenvalue weighted by Gasteiger charge is -2.28. The van der Waals surface area contributed by atoms with Gasteiger partial charge in [-0.05, 0) is 30.5 Å². The monoisotopic (exact) mass is 397 g/mol. The number of hydrogen-bond acceptors (Lipinski definition) is 3. The van der Waals surface area contributed by atoms with Crippen LogP contribution in [0.2, 0.25) is 0 Å². The third kappa shape index (κ3) is 6.96. The molecule has 1 aromatic rings. The first-order chi connectivity index (χ1) is 11.2. The van der Waals surface area contributed by atoms with E-state index in [1.54, 1.807) is 0 Å². The van der Waals surface area contributed by atoms with Crippen molar-refractivity contribution in [1.82, 2.24) is 0 Å². The molecule has 0 unspecified atom stereocenters. The molecule has 0 N–H and O–H groups in total. The van der Waals surface area contributed by atoms with Crippen LogP contribution < -0.4 is 9.80 Å². The average molecular weight is 399 g/mol. The van der Waals surface area contributed by atoms with Crippen molar-refractivity contribution in [2.45, 2.75) is 6.54 Å². The Morgan fingerprint density at radius 2 is 1.13 bits per heavy atom. The molecule has 0 spiro atoms. The fourth-order valence-electron chi connectivity index (χ4n) is 2.39. The Kier molecular flexibility index (Phi) is 10.9. The molecule has 0 amide bonds. The number of halogens is 4. The van der Waals surface area contributed by atoms with Gasteiger partial charge in [0.25, 0.3) is 0 Å². The molecule has 0 aliphatic carbocycles. The molecule has 0 fully saturated rings. The number of alkyl halides is 4. The maximum Gasteiger partial charge on any atom is 0.0634 e. The fourth-order valence-corrected chi connectivity index (χ4v) is 3.21. The minimum Gasteiger partial charge on any atom is -0.369 e. The van der Waals surface area contributed by atoms with Gasteiger partial charge in [-0.3, -0.25) is 4.99 Å². The van der Waals surface area contributed by atoms with E-state index in [-0.39, 0.29) is 0 Å². The standard InChI is InChI=1S/C16H23Cl4N3/c1-21-13-14-10-15(22(6-2-17)7-3-18)12-16(11-14)23(8-4-19)9-5-20/h10-12H,1-9,13H2. The third-order valence-corrected chi connectivity index (χ3v) is 4.08. The zero-order valence-electron chi connectivity index (χ0n) is 13.2. The summed E-state index contributed by atoms with van der Waals surface area (Å²) >= 11 is 23.7. The van der Waals surface area contributed by atoms with Crippen LogP contribution >= 0.6 is 46.4 Å². The molecule has 0 atom stereocenters. The molecule has 0 saturated carbocycles. The van der Waals surface area contributed by atoms with Crippen molar-refractivity contribution in [1.29, 1.82) is 0 Å². The van der Waals surface area contributed by atoms with Gasteiger partial charge in [-0.15, -0.1) is 46.4 Å². The van der Waals surface area contributed by atoms with E-state index in [1.807, 2.05) is 0 Å². The van der Waals surface area contributed by atoms with Gasteiger partial charge < -0.3 is 9.80 Å². The van der Waals surface area contributed by atoms with Crippen LogP contribution in [0.1, 0.15) is 5.56 Å². The molecule has 1 aromatic carbocycles. The number of anilines is 2. The predicted octanol–water partition coefficient (Wildman–Crippen LogP) is 4.46. The predicted molar refractivity (Wildman–Crippen MR) is 107 cm³/mol. The average Bonchev–Trinajstić information content (AvgIpc) is 2.54. The van der Waals surface area contributed by atoms with Gasteiger partial charge in [-0.2, -0.15) is 0 Å². The molecule has 0 radical (unpaired) electrons. The highest BCUT2D eigenvalue weighted by atomic mass is 35.5. The maximum absolute atomic E-state index is 5.93. The van der Waals surface area contributed by atoms with E-state index >= 15 is 0 Å². The smallest absolute Gasteiger partial charge is 0.0634 e. The van der Waals surface area contributed by atoms with Crippen molar-refractivity contribution < 1.29 is 0 Å². The minimum atomic E-state index is 0.545. The van der Waals surface area contributed by atoms with Crippen molar-refractivity contribution in [3.05, 3.63) is 23.8 Å². The van der Waals surface area contributed by atoms with Crippen molar-refractivity contribution in [3.8, 4) is 0 Å². The second kappa shape index (κ2) is 12.1. The number of aliphatic imine (C=N–C) groups is 1. The summed E-state index contributed by atoms with van der Waals surface area (Å²) in [6.45, 7) is 7.11. The summed E-state index contributed by atoms with van der Waals surface area (Å²) < 4.78 is 0.